The number of carbonyl (C=O) groups is 1. The van der Waals surface area contributed by atoms with Crippen molar-refractivity contribution in [2.24, 2.45) is 0 Å². The fourth-order valence-corrected chi connectivity index (χ4v) is 4.49. The van der Waals surface area contributed by atoms with Crippen LogP contribution in [0, 0.1) is 0 Å². The van der Waals surface area contributed by atoms with E-state index >= 15 is 0 Å². The van der Waals surface area contributed by atoms with E-state index in [0.29, 0.717) is 0 Å². The van der Waals surface area contributed by atoms with Gasteiger partial charge in [-0.25, -0.2) is 17.5 Å². The number of hydrogen-bond donors (Lipinski definition) is 0. The molecule has 28 heavy (non-hydrogen) atoms. The quantitative estimate of drug-likeness (QED) is 0.616. The van der Waals surface area contributed by atoms with E-state index in [0.717, 1.165) is 21.0 Å². The van der Waals surface area contributed by atoms with E-state index in [9.17, 15) is 13.2 Å². The minimum atomic E-state index is -3.80. The van der Waals surface area contributed by atoms with E-state index in [4.69, 9.17) is 4.74 Å². The second-order valence-corrected chi connectivity index (χ2v) is 11.3. The molecule has 0 aliphatic rings. The molecule has 0 N–H and O–H groups in total. The first-order valence-electron chi connectivity index (χ1n) is 9.29. The van der Waals surface area contributed by atoms with Gasteiger partial charge in [0.25, 0.3) is 0 Å². The van der Waals surface area contributed by atoms with Crippen molar-refractivity contribution in [2.75, 3.05) is 6.54 Å². The summed E-state index contributed by atoms with van der Waals surface area (Å²) in [6.45, 7) is 10.2. The Morgan fingerprint density at radius 2 is 1.68 bits per heavy atom. The fourth-order valence-electron chi connectivity index (χ4n) is 2.64. The van der Waals surface area contributed by atoms with Crippen LogP contribution in [0.3, 0.4) is 0 Å². The van der Waals surface area contributed by atoms with Crippen LogP contribution in [0.5, 0.6) is 0 Å². The summed E-state index contributed by atoms with van der Waals surface area (Å²) in [5.74, 6) is -0.169. The Balaban J connectivity index is 2.24. The second-order valence-electron chi connectivity index (χ2n) is 8.14. The normalized spacial score (nSPS) is 13.4. The van der Waals surface area contributed by atoms with Crippen LogP contribution in [0.15, 0.2) is 41.1 Å². The van der Waals surface area contributed by atoms with Gasteiger partial charge in [-0.15, -0.1) is 0 Å². The Labute approximate surface area is 172 Å². The number of hydrogen-bond acceptors (Lipinski definition) is 5. The van der Waals surface area contributed by atoms with E-state index < -0.39 is 27.0 Å². The molecule has 1 aromatic heterocycles. The van der Waals surface area contributed by atoms with E-state index in [1.54, 1.807) is 46.0 Å². The molecule has 2 rings (SSSR count). The summed E-state index contributed by atoms with van der Waals surface area (Å²) in [4.78, 5) is 12.6. The SMILES string of the molecule is CC(CN(C(=O)OC(C)(C)C)S(=O)(=O)C(C)C)c1ccc(-c2ccsc2)cc1. The van der Waals surface area contributed by atoms with Crippen molar-refractivity contribution in [3.63, 3.8) is 0 Å². The Morgan fingerprint density at radius 1 is 1.07 bits per heavy atom. The minimum absolute atomic E-state index is 0.0349. The molecule has 7 heteroatoms. The lowest BCUT2D eigenvalue weighted by Gasteiger charge is -2.30. The van der Waals surface area contributed by atoms with Crippen LogP contribution in [-0.4, -0.2) is 36.2 Å². The van der Waals surface area contributed by atoms with E-state index in [2.05, 4.69) is 11.4 Å². The van der Waals surface area contributed by atoms with Gasteiger partial charge in [-0.3, -0.25) is 0 Å². The molecule has 1 heterocycles. The van der Waals surface area contributed by atoms with Gasteiger partial charge in [-0.2, -0.15) is 11.3 Å². The lowest BCUT2D eigenvalue weighted by Crippen LogP contribution is -2.45. The minimum Gasteiger partial charge on any atom is -0.443 e. The Hall–Kier alpha value is -1.86. The van der Waals surface area contributed by atoms with E-state index in [-0.39, 0.29) is 12.5 Å². The van der Waals surface area contributed by atoms with Crippen molar-refractivity contribution >= 4 is 27.5 Å². The predicted octanol–water partition coefficient (Wildman–Crippen LogP) is 5.49. The van der Waals surface area contributed by atoms with Crippen molar-refractivity contribution in [2.45, 2.75) is 58.3 Å². The van der Waals surface area contributed by atoms with Crippen molar-refractivity contribution in [1.82, 2.24) is 4.31 Å². The summed E-state index contributed by atoms with van der Waals surface area (Å²) in [5, 5.41) is 3.40. The third-order valence-corrected chi connectivity index (χ3v) is 7.06. The van der Waals surface area contributed by atoms with Crippen LogP contribution in [0.2, 0.25) is 0 Å². The summed E-state index contributed by atoms with van der Waals surface area (Å²) in [6.07, 6.45) is -0.831. The molecule has 0 spiro atoms. The number of nitrogens with zero attached hydrogens (tertiary/aromatic N) is 1. The monoisotopic (exact) mass is 423 g/mol. The standard InChI is InChI=1S/C21H29NO4S2/c1-15(2)28(24,25)22(20(23)26-21(4,5)6)13-16(3)17-7-9-18(10-8-17)19-11-12-27-14-19/h7-12,14-16H,13H2,1-6H3. The maximum atomic E-state index is 12.8. The predicted molar refractivity (Wildman–Crippen MR) is 115 cm³/mol. The lowest BCUT2D eigenvalue weighted by molar-refractivity contribution is 0.0384. The van der Waals surface area contributed by atoms with Crippen molar-refractivity contribution < 1.29 is 17.9 Å². The first kappa shape index (κ1) is 22.4. The van der Waals surface area contributed by atoms with Crippen LogP contribution < -0.4 is 0 Å². The third-order valence-electron chi connectivity index (χ3n) is 4.27. The number of rotatable bonds is 6. The average molecular weight is 424 g/mol. The molecular weight excluding hydrogens is 394 g/mol. The molecule has 0 bridgehead atoms. The molecule has 154 valence electrons. The maximum absolute atomic E-state index is 12.8. The van der Waals surface area contributed by atoms with Crippen molar-refractivity contribution in [3.05, 3.63) is 46.7 Å². The highest BCUT2D eigenvalue weighted by Gasteiger charge is 2.35. The number of amides is 1. The molecule has 0 fully saturated rings. The number of carbonyl (C=O) groups excluding carboxylic acids is 1. The summed E-state index contributed by atoms with van der Waals surface area (Å²) in [7, 11) is -3.80. The first-order valence-corrected chi connectivity index (χ1v) is 11.7. The topological polar surface area (TPSA) is 63.7 Å². The zero-order valence-corrected chi connectivity index (χ0v) is 18.9. The molecule has 0 saturated carbocycles. The van der Waals surface area contributed by atoms with Gasteiger partial charge >= 0.3 is 6.09 Å². The lowest BCUT2D eigenvalue weighted by atomic mass is 9.98. The average Bonchev–Trinajstić information content (AvgIpc) is 3.12. The first-order chi connectivity index (χ1) is 12.9. The summed E-state index contributed by atoms with van der Waals surface area (Å²) in [6, 6.07) is 10.0. The highest BCUT2D eigenvalue weighted by Crippen LogP contribution is 2.26. The Kier molecular flexibility index (Phi) is 6.93. The largest absolute Gasteiger partial charge is 0.443 e. The number of ether oxygens (including phenoxy) is 1. The molecule has 0 aliphatic carbocycles. The smallest absolute Gasteiger partial charge is 0.424 e. The van der Waals surface area contributed by atoms with Gasteiger partial charge in [0.1, 0.15) is 5.60 Å². The highest BCUT2D eigenvalue weighted by atomic mass is 32.2. The zero-order valence-electron chi connectivity index (χ0n) is 17.3. The fraction of sp³-hybridized carbons (Fsp3) is 0.476. The van der Waals surface area contributed by atoms with Crippen LogP contribution in [0.1, 0.15) is 53.0 Å². The van der Waals surface area contributed by atoms with Crippen LogP contribution in [0.25, 0.3) is 11.1 Å². The van der Waals surface area contributed by atoms with Gasteiger partial charge in [-0.1, -0.05) is 31.2 Å². The van der Waals surface area contributed by atoms with Gasteiger partial charge in [0.05, 0.1) is 5.25 Å². The Morgan fingerprint density at radius 3 is 2.14 bits per heavy atom. The Bertz CT molecular complexity index is 879. The highest BCUT2D eigenvalue weighted by molar-refractivity contribution is 7.90. The van der Waals surface area contributed by atoms with Gasteiger partial charge < -0.3 is 4.74 Å². The summed E-state index contributed by atoms with van der Waals surface area (Å²) >= 11 is 1.64. The number of sulfonamides is 1. The molecule has 1 amide bonds. The second kappa shape index (κ2) is 8.66. The van der Waals surface area contributed by atoms with Crippen molar-refractivity contribution in [1.29, 1.82) is 0 Å². The molecule has 0 saturated heterocycles. The summed E-state index contributed by atoms with van der Waals surface area (Å²) < 4.78 is 31.7. The maximum Gasteiger partial charge on any atom is 0.424 e. The van der Waals surface area contributed by atoms with Gasteiger partial charge in [-0.05, 0) is 68.1 Å². The zero-order chi connectivity index (χ0) is 21.1. The van der Waals surface area contributed by atoms with Crippen LogP contribution >= 0.6 is 11.3 Å². The number of thiophene rings is 1. The molecular formula is C21H29NO4S2. The van der Waals surface area contributed by atoms with Gasteiger partial charge in [0.15, 0.2) is 0 Å². The molecule has 1 aromatic carbocycles. The van der Waals surface area contributed by atoms with E-state index in [1.165, 1.54) is 0 Å². The van der Waals surface area contributed by atoms with Gasteiger partial charge in [0.2, 0.25) is 10.0 Å². The van der Waals surface area contributed by atoms with E-state index in [1.807, 2.05) is 36.6 Å². The molecule has 1 unspecified atom stereocenters. The third kappa shape index (κ3) is 5.58. The van der Waals surface area contributed by atoms with Crippen LogP contribution in [0.4, 0.5) is 4.79 Å². The molecule has 0 aliphatic heterocycles. The van der Waals surface area contributed by atoms with Crippen molar-refractivity contribution in [3.8, 4) is 11.1 Å². The molecule has 5 nitrogen and oxygen atoms in total. The number of benzene rings is 1. The molecule has 1 atom stereocenters. The van der Waals surface area contributed by atoms with Crippen LogP contribution in [-0.2, 0) is 14.8 Å². The molecule has 2 aromatic rings. The van der Waals surface area contributed by atoms with Gasteiger partial charge in [0, 0.05) is 12.5 Å². The summed E-state index contributed by atoms with van der Waals surface area (Å²) in [5.41, 5.74) is 2.46. The molecule has 0 radical (unpaired) electrons.